The topological polar surface area (TPSA) is 66.6 Å². The van der Waals surface area contributed by atoms with Crippen molar-refractivity contribution >= 4 is 17.2 Å². The van der Waals surface area contributed by atoms with Crippen molar-refractivity contribution in [2.45, 2.75) is 26.3 Å². The predicted molar refractivity (Wildman–Crippen MR) is 70.4 cm³/mol. The van der Waals surface area contributed by atoms with Crippen molar-refractivity contribution in [1.29, 1.82) is 0 Å². The lowest BCUT2D eigenvalue weighted by atomic mass is 10.0. The van der Waals surface area contributed by atoms with E-state index in [9.17, 15) is 9.90 Å². The van der Waals surface area contributed by atoms with Crippen LogP contribution in [-0.4, -0.2) is 30.1 Å². The number of carbonyl (C=O) groups is 1. The quantitative estimate of drug-likeness (QED) is 0.616. The van der Waals surface area contributed by atoms with E-state index in [-0.39, 0.29) is 17.9 Å². The van der Waals surface area contributed by atoms with Crippen LogP contribution in [-0.2, 0) is 0 Å². The van der Waals surface area contributed by atoms with Gasteiger partial charge in [0.2, 0.25) is 0 Å². The number of nitrogen functional groups attached to an aromatic ring is 1. The Bertz CT molecular complexity index is 427. The van der Waals surface area contributed by atoms with Crippen LogP contribution in [0.1, 0.15) is 31.1 Å². The number of nitrogens with zero attached hydrogens (tertiary/aromatic N) is 1. The van der Waals surface area contributed by atoms with Crippen molar-refractivity contribution in [3.63, 3.8) is 0 Å². The fourth-order valence-electron chi connectivity index (χ4n) is 1.51. The van der Waals surface area contributed by atoms with Gasteiger partial charge in [0, 0.05) is 24.0 Å². The van der Waals surface area contributed by atoms with Crippen molar-refractivity contribution in [2.75, 3.05) is 24.3 Å². The number of benzene rings is 1. The summed E-state index contributed by atoms with van der Waals surface area (Å²) in [6.45, 7) is 5.38. The van der Waals surface area contributed by atoms with Gasteiger partial charge in [-0.3, -0.25) is 4.79 Å². The SMILES string of the molecule is CC(=O)c1cc(N(C)C(C)(C)CO)ccc1N. The van der Waals surface area contributed by atoms with Crippen LogP contribution >= 0.6 is 0 Å². The summed E-state index contributed by atoms with van der Waals surface area (Å²) in [6.07, 6.45) is 0. The molecule has 0 unspecified atom stereocenters. The molecule has 0 amide bonds. The van der Waals surface area contributed by atoms with E-state index in [2.05, 4.69) is 0 Å². The summed E-state index contributed by atoms with van der Waals surface area (Å²) >= 11 is 0. The molecule has 0 saturated heterocycles. The van der Waals surface area contributed by atoms with Crippen molar-refractivity contribution in [2.24, 2.45) is 0 Å². The van der Waals surface area contributed by atoms with Gasteiger partial charge in [0.15, 0.2) is 5.78 Å². The van der Waals surface area contributed by atoms with Crippen LogP contribution in [0.2, 0.25) is 0 Å². The van der Waals surface area contributed by atoms with Crippen LogP contribution in [0.15, 0.2) is 18.2 Å². The summed E-state index contributed by atoms with van der Waals surface area (Å²) in [5.74, 6) is -0.0560. The molecule has 4 nitrogen and oxygen atoms in total. The molecule has 0 aliphatic carbocycles. The fraction of sp³-hybridized carbons (Fsp3) is 0.462. The van der Waals surface area contributed by atoms with Gasteiger partial charge in [-0.05, 0) is 39.0 Å². The fourth-order valence-corrected chi connectivity index (χ4v) is 1.51. The molecule has 1 rings (SSSR count). The minimum absolute atomic E-state index is 0.0310. The number of aliphatic hydroxyl groups is 1. The minimum atomic E-state index is -0.385. The average Bonchev–Trinajstić information content (AvgIpc) is 2.28. The molecule has 0 aromatic heterocycles. The number of hydrogen-bond acceptors (Lipinski definition) is 4. The number of rotatable bonds is 4. The maximum Gasteiger partial charge on any atom is 0.161 e. The molecule has 0 aliphatic heterocycles. The van der Waals surface area contributed by atoms with E-state index in [0.717, 1.165) is 5.69 Å². The first-order valence-corrected chi connectivity index (χ1v) is 5.55. The minimum Gasteiger partial charge on any atom is -0.398 e. The largest absolute Gasteiger partial charge is 0.398 e. The number of nitrogens with two attached hydrogens (primary N) is 1. The highest BCUT2D eigenvalue weighted by molar-refractivity contribution is 6.00. The van der Waals surface area contributed by atoms with E-state index in [1.165, 1.54) is 6.92 Å². The predicted octanol–water partition coefficient (Wildman–Crippen LogP) is 1.68. The maximum absolute atomic E-state index is 11.4. The number of Topliss-reactive ketones (excluding diaryl/α,β-unsaturated/α-hetero) is 1. The van der Waals surface area contributed by atoms with E-state index in [0.29, 0.717) is 11.3 Å². The Morgan fingerprint density at radius 1 is 1.47 bits per heavy atom. The van der Waals surface area contributed by atoms with Gasteiger partial charge in [-0.1, -0.05) is 0 Å². The maximum atomic E-state index is 11.4. The first-order chi connectivity index (χ1) is 7.79. The first kappa shape index (κ1) is 13.5. The second kappa shape index (κ2) is 4.75. The molecule has 17 heavy (non-hydrogen) atoms. The molecule has 0 radical (unpaired) electrons. The molecule has 0 atom stereocenters. The zero-order chi connectivity index (χ0) is 13.2. The molecule has 0 spiro atoms. The summed E-state index contributed by atoms with van der Waals surface area (Å²) in [6, 6.07) is 5.32. The Morgan fingerprint density at radius 2 is 2.06 bits per heavy atom. The lowest BCUT2D eigenvalue weighted by Gasteiger charge is -2.36. The summed E-state index contributed by atoms with van der Waals surface area (Å²) in [5, 5.41) is 9.33. The Hall–Kier alpha value is -1.55. The van der Waals surface area contributed by atoms with Gasteiger partial charge in [0.05, 0.1) is 12.1 Å². The Morgan fingerprint density at radius 3 is 2.53 bits per heavy atom. The van der Waals surface area contributed by atoms with Gasteiger partial charge in [-0.25, -0.2) is 0 Å². The number of ketones is 1. The van der Waals surface area contributed by atoms with Crippen LogP contribution in [0.4, 0.5) is 11.4 Å². The third kappa shape index (κ3) is 2.77. The molecule has 4 heteroatoms. The second-order valence-electron chi connectivity index (χ2n) is 4.86. The van der Waals surface area contributed by atoms with Crippen LogP contribution in [0.3, 0.4) is 0 Å². The van der Waals surface area contributed by atoms with Gasteiger partial charge in [0.25, 0.3) is 0 Å². The zero-order valence-corrected chi connectivity index (χ0v) is 10.8. The van der Waals surface area contributed by atoms with Gasteiger partial charge >= 0.3 is 0 Å². The van der Waals surface area contributed by atoms with Crippen molar-refractivity contribution in [3.05, 3.63) is 23.8 Å². The second-order valence-corrected chi connectivity index (χ2v) is 4.86. The molecule has 1 aromatic rings. The van der Waals surface area contributed by atoms with Crippen LogP contribution in [0.5, 0.6) is 0 Å². The summed E-state index contributed by atoms with van der Waals surface area (Å²) < 4.78 is 0. The van der Waals surface area contributed by atoms with Gasteiger partial charge < -0.3 is 15.7 Å². The van der Waals surface area contributed by atoms with Crippen LogP contribution in [0, 0.1) is 0 Å². The molecular weight excluding hydrogens is 216 g/mol. The Kier molecular flexibility index (Phi) is 3.78. The average molecular weight is 236 g/mol. The van der Waals surface area contributed by atoms with E-state index in [4.69, 9.17) is 5.73 Å². The van der Waals surface area contributed by atoms with E-state index >= 15 is 0 Å². The number of hydrogen-bond donors (Lipinski definition) is 2. The highest BCUT2D eigenvalue weighted by Crippen LogP contribution is 2.25. The zero-order valence-electron chi connectivity index (χ0n) is 10.8. The van der Waals surface area contributed by atoms with Crippen LogP contribution in [0.25, 0.3) is 0 Å². The highest BCUT2D eigenvalue weighted by Gasteiger charge is 2.23. The molecule has 0 fully saturated rings. The van der Waals surface area contributed by atoms with Gasteiger partial charge in [-0.15, -0.1) is 0 Å². The third-order valence-electron chi connectivity index (χ3n) is 3.10. The molecule has 94 valence electrons. The summed E-state index contributed by atoms with van der Waals surface area (Å²) in [5.41, 5.74) is 7.22. The standard InChI is InChI=1S/C13H20N2O2/c1-9(17)11-7-10(5-6-12(11)14)15(4)13(2,3)8-16/h5-7,16H,8,14H2,1-4H3. The molecule has 0 bridgehead atoms. The van der Waals surface area contributed by atoms with Crippen molar-refractivity contribution < 1.29 is 9.90 Å². The number of carbonyl (C=O) groups excluding carboxylic acids is 1. The smallest absolute Gasteiger partial charge is 0.161 e. The molecule has 0 saturated carbocycles. The molecule has 1 aromatic carbocycles. The molecule has 0 heterocycles. The first-order valence-electron chi connectivity index (χ1n) is 5.55. The number of aliphatic hydroxyl groups excluding tert-OH is 1. The molecular formula is C13H20N2O2. The number of anilines is 2. The summed E-state index contributed by atoms with van der Waals surface area (Å²) in [7, 11) is 1.88. The normalized spacial score (nSPS) is 11.4. The van der Waals surface area contributed by atoms with E-state index in [1.807, 2.05) is 31.9 Å². The third-order valence-corrected chi connectivity index (χ3v) is 3.10. The highest BCUT2D eigenvalue weighted by atomic mass is 16.3. The molecule has 3 N–H and O–H groups in total. The lowest BCUT2D eigenvalue weighted by molar-refractivity contribution is 0.101. The van der Waals surface area contributed by atoms with Crippen molar-refractivity contribution in [3.8, 4) is 0 Å². The number of likely N-dealkylation sites (N-methyl/N-ethyl adjacent to an activating group) is 1. The lowest BCUT2D eigenvalue weighted by Crippen LogP contribution is -2.44. The Balaban J connectivity index is 3.16. The van der Waals surface area contributed by atoms with Crippen molar-refractivity contribution in [1.82, 2.24) is 0 Å². The van der Waals surface area contributed by atoms with E-state index < -0.39 is 0 Å². The van der Waals surface area contributed by atoms with E-state index in [1.54, 1.807) is 12.1 Å². The van der Waals surface area contributed by atoms with Gasteiger partial charge in [-0.2, -0.15) is 0 Å². The van der Waals surface area contributed by atoms with Gasteiger partial charge in [0.1, 0.15) is 0 Å². The monoisotopic (exact) mass is 236 g/mol. The Labute approximate surface area is 102 Å². The molecule has 0 aliphatic rings. The summed E-state index contributed by atoms with van der Waals surface area (Å²) in [4.78, 5) is 13.3. The van der Waals surface area contributed by atoms with Crippen LogP contribution < -0.4 is 10.6 Å².